The van der Waals surface area contributed by atoms with Gasteiger partial charge in [-0.2, -0.15) is 5.10 Å². The fraction of sp³-hybridized carbons (Fsp3) is 0.111. The first-order chi connectivity index (χ1) is 12.6. The lowest BCUT2D eigenvalue weighted by molar-refractivity contribution is 0.102. The van der Waals surface area contributed by atoms with Crippen LogP contribution in [0.25, 0.3) is 11.3 Å². The zero-order valence-electron chi connectivity index (χ0n) is 13.4. The summed E-state index contributed by atoms with van der Waals surface area (Å²) in [6.45, 7) is 0.999. The van der Waals surface area contributed by atoms with Gasteiger partial charge in [0.05, 0.1) is 10.7 Å². The number of benzene rings is 2. The summed E-state index contributed by atoms with van der Waals surface area (Å²) in [5.41, 5.74) is 2.14. The number of nitrogens with zero attached hydrogens (tertiary/aromatic N) is 1. The second-order valence-corrected chi connectivity index (χ2v) is 6.45. The van der Waals surface area contributed by atoms with Gasteiger partial charge in [0.25, 0.3) is 5.91 Å². The van der Waals surface area contributed by atoms with Crippen LogP contribution in [0, 0.1) is 0 Å². The predicted molar refractivity (Wildman–Crippen MR) is 99.4 cm³/mol. The molecular weight excluding hydrogens is 377 g/mol. The summed E-state index contributed by atoms with van der Waals surface area (Å²) in [7, 11) is 0. The minimum atomic E-state index is -0.328. The van der Waals surface area contributed by atoms with Crippen molar-refractivity contribution in [1.29, 1.82) is 0 Å². The van der Waals surface area contributed by atoms with Crippen LogP contribution in [-0.2, 0) is 0 Å². The second-order valence-electron chi connectivity index (χ2n) is 5.60. The maximum atomic E-state index is 12.5. The van der Waals surface area contributed by atoms with E-state index in [1.165, 1.54) is 0 Å². The van der Waals surface area contributed by atoms with Crippen LogP contribution < -0.4 is 14.8 Å². The first kappa shape index (κ1) is 16.8. The Balaban J connectivity index is 1.53. The number of aromatic nitrogens is 2. The molecule has 1 aliphatic heterocycles. The molecule has 1 aliphatic rings. The molecule has 0 saturated heterocycles. The van der Waals surface area contributed by atoms with Crippen molar-refractivity contribution in [1.82, 2.24) is 10.2 Å². The van der Waals surface area contributed by atoms with Gasteiger partial charge in [-0.25, -0.2) is 0 Å². The highest BCUT2D eigenvalue weighted by molar-refractivity contribution is 6.36. The Labute approximate surface area is 159 Å². The highest BCUT2D eigenvalue weighted by Gasteiger charge is 2.16. The average molecular weight is 390 g/mol. The van der Waals surface area contributed by atoms with Crippen LogP contribution in [0.1, 0.15) is 10.5 Å². The van der Waals surface area contributed by atoms with Crippen molar-refractivity contribution >= 4 is 34.8 Å². The van der Waals surface area contributed by atoms with Crippen molar-refractivity contribution in [2.75, 3.05) is 18.5 Å². The molecule has 2 aromatic carbocycles. The number of fused-ring (bicyclic) bond motifs is 1. The summed E-state index contributed by atoms with van der Waals surface area (Å²) >= 11 is 12.1. The molecule has 3 aromatic rings. The van der Waals surface area contributed by atoms with Crippen molar-refractivity contribution in [3.63, 3.8) is 0 Å². The SMILES string of the molecule is O=C(Nc1ccc2c(c1)OCCO2)c1cc(-c2ccc(Cl)cc2Cl)n[nH]1. The maximum absolute atomic E-state index is 12.5. The molecule has 0 saturated carbocycles. The van der Waals surface area contributed by atoms with E-state index in [0.717, 1.165) is 0 Å². The molecule has 132 valence electrons. The van der Waals surface area contributed by atoms with Gasteiger partial charge in [-0.05, 0) is 36.4 Å². The number of ether oxygens (including phenoxy) is 2. The molecule has 1 amide bonds. The van der Waals surface area contributed by atoms with E-state index in [9.17, 15) is 4.79 Å². The Morgan fingerprint density at radius 2 is 1.85 bits per heavy atom. The monoisotopic (exact) mass is 389 g/mol. The summed E-state index contributed by atoms with van der Waals surface area (Å²) < 4.78 is 11.0. The summed E-state index contributed by atoms with van der Waals surface area (Å²) in [6.07, 6.45) is 0. The van der Waals surface area contributed by atoms with E-state index in [2.05, 4.69) is 15.5 Å². The number of anilines is 1. The van der Waals surface area contributed by atoms with Crippen LogP contribution in [0.3, 0.4) is 0 Å². The fourth-order valence-electron chi connectivity index (χ4n) is 2.59. The Kier molecular flexibility index (Phi) is 4.44. The Morgan fingerprint density at radius 1 is 1.04 bits per heavy atom. The molecule has 26 heavy (non-hydrogen) atoms. The van der Waals surface area contributed by atoms with Gasteiger partial charge in [0, 0.05) is 22.3 Å². The summed E-state index contributed by atoms with van der Waals surface area (Å²) in [5.74, 6) is 0.938. The second kappa shape index (κ2) is 6.90. The standard InChI is InChI=1S/C18H13Cl2N3O3/c19-10-1-3-12(13(20)7-10)14-9-15(23-22-14)18(24)21-11-2-4-16-17(8-11)26-6-5-25-16/h1-4,7-9H,5-6H2,(H,21,24)(H,22,23). The number of carbonyl (C=O) groups is 1. The van der Waals surface area contributed by atoms with E-state index in [-0.39, 0.29) is 5.91 Å². The van der Waals surface area contributed by atoms with Crippen LogP contribution in [0.15, 0.2) is 42.5 Å². The number of aromatic amines is 1. The smallest absolute Gasteiger partial charge is 0.273 e. The van der Waals surface area contributed by atoms with Crippen molar-refractivity contribution in [3.8, 4) is 22.8 Å². The minimum Gasteiger partial charge on any atom is -0.486 e. The largest absolute Gasteiger partial charge is 0.486 e. The van der Waals surface area contributed by atoms with Gasteiger partial charge in [-0.3, -0.25) is 9.89 Å². The van der Waals surface area contributed by atoms with Crippen molar-refractivity contribution in [2.24, 2.45) is 0 Å². The predicted octanol–water partition coefficient (Wildman–Crippen LogP) is 4.41. The summed E-state index contributed by atoms with van der Waals surface area (Å²) in [4.78, 5) is 12.5. The topological polar surface area (TPSA) is 76.2 Å². The van der Waals surface area contributed by atoms with Gasteiger partial charge in [0.2, 0.25) is 0 Å². The molecule has 2 heterocycles. The number of hydrogen-bond acceptors (Lipinski definition) is 4. The van der Waals surface area contributed by atoms with Crippen LogP contribution in [0.4, 0.5) is 5.69 Å². The van der Waals surface area contributed by atoms with Crippen molar-refractivity contribution < 1.29 is 14.3 Å². The zero-order valence-corrected chi connectivity index (χ0v) is 14.9. The lowest BCUT2D eigenvalue weighted by Gasteiger charge is -2.18. The zero-order chi connectivity index (χ0) is 18.1. The molecule has 0 radical (unpaired) electrons. The minimum absolute atomic E-state index is 0.306. The molecule has 0 unspecified atom stereocenters. The lowest BCUT2D eigenvalue weighted by atomic mass is 10.1. The Morgan fingerprint density at radius 3 is 2.65 bits per heavy atom. The average Bonchev–Trinajstić information content (AvgIpc) is 3.11. The molecule has 0 atom stereocenters. The molecule has 6 nitrogen and oxygen atoms in total. The number of carbonyl (C=O) groups excluding carboxylic acids is 1. The van der Waals surface area contributed by atoms with E-state index < -0.39 is 0 Å². The van der Waals surface area contributed by atoms with E-state index in [0.29, 0.717) is 57.4 Å². The third kappa shape index (κ3) is 3.34. The molecule has 8 heteroatoms. The third-order valence-electron chi connectivity index (χ3n) is 3.83. The van der Waals surface area contributed by atoms with E-state index in [4.69, 9.17) is 32.7 Å². The van der Waals surface area contributed by atoms with Crippen LogP contribution in [0.5, 0.6) is 11.5 Å². The summed E-state index contributed by atoms with van der Waals surface area (Å²) in [6, 6.07) is 12.0. The van der Waals surface area contributed by atoms with E-state index in [1.807, 2.05) is 0 Å². The number of hydrogen-bond donors (Lipinski definition) is 2. The van der Waals surface area contributed by atoms with Crippen LogP contribution in [0.2, 0.25) is 10.0 Å². The van der Waals surface area contributed by atoms with E-state index >= 15 is 0 Å². The number of halogens is 2. The van der Waals surface area contributed by atoms with Crippen LogP contribution in [-0.4, -0.2) is 29.3 Å². The molecule has 0 bridgehead atoms. The van der Waals surface area contributed by atoms with E-state index in [1.54, 1.807) is 42.5 Å². The number of H-pyrrole nitrogens is 1. The van der Waals surface area contributed by atoms with Gasteiger partial charge in [-0.1, -0.05) is 23.2 Å². The Hall–Kier alpha value is -2.70. The van der Waals surface area contributed by atoms with Crippen molar-refractivity contribution in [2.45, 2.75) is 0 Å². The van der Waals surface area contributed by atoms with Crippen LogP contribution >= 0.6 is 23.2 Å². The number of nitrogens with one attached hydrogen (secondary N) is 2. The number of amides is 1. The molecule has 0 fully saturated rings. The highest BCUT2D eigenvalue weighted by Crippen LogP contribution is 2.33. The van der Waals surface area contributed by atoms with Gasteiger partial charge in [0.15, 0.2) is 11.5 Å². The fourth-order valence-corrected chi connectivity index (χ4v) is 3.10. The van der Waals surface area contributed by atoms with Gasteiger partial charge in [0.1, 0.15) is 18.9 Å². The first-order valence-electron chi connectivity index (χ1n) is 7.82. The third-order valence-corrected chi connectivity index (χ3v) is 4.38. The summed E-state index contributed by atoms with van der Waals surface area (Å²) in [5, 5.41) is 10.7. The normalized spacial score (nSPS) is 12.7. The van der Waals surface area contributed by atoms with Gasteiger partial charge in [-0.15, -0.1) is 0 Å². The van der Waals surface area contributed by atoms with Crippen molar-refractivity contribution in [3.05, 3.63) is 58.2 Å². The quantitative estimate of drug-likeness (QED) is 0.695. The van der Waals surface area contributed by atoms with Gasteiger partial charge >= 0.3 is 0 Å². The molecule has 0 aliphatic carbocycles. The maximum Gasteiger partial charge on any atom is 0.273 e. The molecule has 4 rings (SSSR count). The number of rotatable bonds is 3. The molecule has 0 spiro atoms. The first-order valence-corrected chi connectivity index (χ1v) is 8.57. The Bertz CT molecular complexity index is 988. The molecule has 2 N–H and O–H groups in total. The highest BCUT2D eigenvalue weighted by atomic mass is 35.5. The molecule has 1 aromatic heterocycles. The van der Waals surface area contributed by atoms with Gasteiger partial charge < -0.3 is 14.8 Å². The molecular formula is C18H13Cl2N3O3. The lowest BCUT2D eigenvalue weighted by Crippen LogP contribution is -2.16.